The number of rotatable bonds is 8. The smallest absolute Gasteiger partial charge is 0.318 e. The molecule has 37 heavy (non-hydrogen) atoms. The summed E-state index contributed by atoms with van der Waals surface area (Å²) in [5.41, 5.74) is 3.11. The van der Waals surface area contributed by atoms with E-state index in [0.29, 0.717) is 28.3 Å². The Kier molecular flexibility index (Phi) is 7.68. The summed E-state index contributed by atoms with van der Waals surface area (Å²) in [4.78, 5) is 43.3. The van der Waals surface area contributed by atoms with Gasteiger partial charge in [0.1, 0.15) is 11.7 Å². The molecule has 0 radical (unpaired) electrons. The minimum Gasteiger partial charge on any atom is -0.497 e. The van der Waals surface area contributed by atoms with Gasteiger partial charge >= 0.3 is 5.97 Å². The molecule has 1 aliphatic rings. The van der Waals surface area contributed by atoms with E-state index in [1.165, 1.54) is 0 Å². The first-order valence-corrected chi connectivity index (χ1v) is 12.1. The molecule has 3 aromatic rings. The Balaban J connectivity index is 1.99. The minimum absolute atomic E-state index is 0.120. The third kappa shape index (κ3) is 4.96. The average Bonchev–Trinajstić information content (AvgIpc) is 2.93. The lowest BCUT2D eigenvalue weighted by atomic mass is 9.78. The molecule has 188 valence electrons. The Bertz CT molecular complexity index is 1300. The molecule has 0 N–H and O–H groups in total. The number of ketones is 2. The van der Waals surface area contributed by atoms with Gasteiger partial charge < -0.3 is 14.4 Å². The quantitative estimate of drug-likeness (QED) is 0.282. The molecule has 0 aliphatic carbocycles. The van der Waals surface area contributed by atoms with E-state index < -0.39 is 11.9 Å². The van der Waals surface area contributed by atoms with E-state index in [2.05, 4.69) is 0 Å². The predicted octanol–water partition coefficient (Wildman–Crippen LogP) is 6.01. The van der Waals surface area contributed by atoms with Crippen LogP contribution in [0.15, 0.2) is 107 Å². The number of ether oxygens (including phenoxy) is 2. The Morgan fingerprint density at radius 2 is 1.19 bits per heavy atom. The molecule has 6 heteroatoms. The normalized spacial score (nSPS) is 14.0. The molecule has 0 fully saturated rings. The van der Waals surface area contributed by atoms with Gasteiger partial charge in [-0.25, -0.2) is 0 Å². The van der Waals surface area contributed by atoms with Gasteiger partial charge in [0.2, 0.25) is 0 Å². The number of esters is 1. The number of hydrogen-bond acceptors (Lipinski definition) is 6. The van der Waals surface area contributed by atoms with Crippen molar-refractivity contribution in [3.05, 3.63) is 119 Å². The fraction of sp³-hybridized carbons (Fsp3) is 0.194. The minimum atomic E-state index is -1.17. The standard InChI is InChI=1S/C31H29NO5/c1-5-37-31(35)28-26(29(33)22-12-8-6-9-13-22)20(2)32(24-16-18-25(36-4)19-17-24)21(3)27(28)30(34)23-14-10-7-11-15-23/h6-19,28H,5H2,1-4H3. The van der Waals surface area contributed by atoms with E-state index in [-0.39, 0.29) is 29.3 Å². The van der Waals surface area contributed by atoms with Crippen molar-refractivity contribution in [1.29, 1.82) is 0 Å². The lowest BCUT2D eigenvalue weighted by Crippen LogP contribution is -2.39. The van der Waals surface area contributed by atoms with Gasteiger partial charge in [-0.15, -0.1) is 0 Å². The highest BCUT2D eigenvalue weighted by molar-refractivity contribution is 6.19. The third-order valence-electron chi connectivity index (χ3n) is 6.44. The number of Topliss-reactive ketones (excluding diaryl/α,β-unsaturated/α-hetero) is 2. The molecule has 4 rings (SSSR count). The summed E-state index contributed by atoms with van der Waals surface area (Å²) in [5.74, 6) is -1.79. The van der Waals surface area contributed by atoms with Crippen LogP contribution < -0.4 is 9.64 Å². The van der Waals surface area contributed by atoms with Crippen molar-refractivity contribution in [2.24, 2.45) is 5.92 Å². The summed E-state index contributed by atoms with van der Waals surface area (Å²) in [6, 6.07) is 24.8. The Morgan fingerprint density at radius 3 is 1.59 bits per heavy atom. The van der Waals surface area contributed by atoms with Crippen LogP contribution >= 0.6 is 0 Å². The average molecular weight is 496 g/mol. The Morgan fingerprint density at radius 1 is 0.730 bits per heavy atom. The van der Waals surface area contributed by atoms with Crippen LogP contribution in [0.4, 0.5) is 5.69 Å². The molecule has 0 spiro atoms. The van der Waals surface area contributed by atoms with Crippen LogP contribution in [0, 0.1) is 5.92 Å². The van der Waals surface area contributed by atoms with Crippen LogP contribution in [0.3, 0.4) is 0 Å². The maximum absolute atomic E-state index is 14.0. The lowest BCUT2D eigenvalue weighted by Gasteiger charge is -2.37. The summed E-state index contributed by atoms with van der Waals surface area (Å²) in [6.07, 6.45) is 0. The highest BCUT2D eigenvalue weighted by Crippen LogP contribution is 2.42. The predicted molar refractivity (Wildman–Crippen MR) is 143 cm³/mol. The summed E-state index contributed by atoms with van der Waals surface area (Å²) in [6.45, 7) is 5.41. The number of methoxy groups -OCH3 is 1. The summed E-state index contributed by atoms with van der Waals surface area (Å²) in [7, 11) is 1.59. The molecule has 1 heterocycles. The molecular formula is C31H29NO5. The molecule has 0 aromatic heterocycles. The molecule has 0 saturated heterocycles. The molecule has 6 nitrogen and oxygen atoms in total. The Hall–Kier alpha value is -4.45. The fourth-order valence-electron chi connectivity index (χ4n) is 4.72. The number of carbonyl (C=O) groups is 3. The number of carbonyl (C=O) groups excluding carboxylic acids is 3. The molecule has 1 aliphatic heterocycles. The number of hydrogen-bond donors (Lipinski definition) is 0. The van der Waals surface area contributed by atoms with Crippen LogP contribution in [-0.2, 0) is 9.53 Å². The zero-order valence-electron chi connectivity index (χ0n) is 21.4. The monoisotopic (exact) mass is 495 g/mol. The second-order valence-corrected chi connectivity index (χ2v) is 8.61. The van der Waals surface area contributed by atoms with Crippen LogP contribution in [-0.4, -0.2) is 31.3 Å². The van der Waals surface area contributed by atoms with Crippen LogP contribution in [0.1, 0.15) is 41.5 Å². The van der Waals surface area contributed by atoms with Crippen molar-refractivity contribution in [2.45, 2.75) is 20.8 Å². The lowest BCUT2D eigenvalue weighted by molar-refractivity contribution is -0.145. The molecule has 0 amide bonds. The number of anilines is 1. The van der Waals surface area contributed by atoms with Crippen LogP contribution in [0.5, 0.6) is 5.75 Å². The molecule has 0 unspecified atom stereocenters. The maximum Gasteiger partial charge on any atom is 0.318 e. The zero-order chi connectivity index (χ0) is 26.5. The van der Waals surface area contributed by atoms with Crippen molar-refractivity contribution in [2.75, 3.05) is 18.6 Å². The molecule has 0 saturated carbocycles. The van der Waals surface area contributed by atoms with E-state index >= 15 is 0 Å². The van der Waals surface area contributed by atoms with Gasteiger partial charge in [0, 0.05) is 39.4 Å². The van der Waals surface area contributed by atoms with E-state index in [0.717, 1.165) is 5.69 Å². The van der Waals surface area contributed by atoms with Crippen molar-refractivity contribution in [3.8, 4) is 5.75 Å². The van der Waals surface area contributed by atoms with E-state index in [1.54, 1.807) is 76.4 Å². The first-order chi connectivity index (χ1) is 17.9. The largest absolute Gasteiger partial charge is 0.497 e. The third-order valence-corrected chi connectivity index (χ3v) is 6.44. The Labute approximate surface area is 216 Å². The van der Waals surface area contributed by atoms with Crippen molar-refractivity contribution < 1.29 is 23.9 Å². The SMILES string of the molecule is CCOC(=O)C1C(C(=O)c2ccccc2)=C(C)N(c2ccc(OC)cc2)C(C)=C1C(=O)c1ccccc1. The first-order valence-electron chi connectivity index (χ1n) is 12.1. The molecule has 3 aromatic carbocycles. The summed E-state index contributed by atoms with van der Waals surface area (Å²) in [5, 5.41) is 0. The number of benzene rings is 3. The maximum atomic E-state index is 14.0. The first kappa shape index (κ1) is 25.6. The van der Waals surface area contributed by atoms with Gasteiger partial charge in [-0.05, 0) is 45.0 Å². The summed E-state index contributed by atoms with van der Waals surface area (Å²) >= 11 is 0. The zero-order valence-corrected chi connectivity index (χ0v) is 21.4. The van der Waals surface area contributed by atoms with Crippen molar-refractivity contribution in [1.82, 2.24) is 0 Å². The molecular weight excluding hydrogens is 466 g/mol. The second-order valence-electron chi connectivity index (χ2n) is 8.61. The van der Waals surface area contributed by atoms with Gasteiger partial charge in [0.25, 0.3) is 0 Å². The summed E-state index contributed by atoms with van der Waals surface area (Å²) < 4.78 is 10.7. The van der Waals surface area contributed by atoms with E-state index in [4.69, 9.17) is 9.47 Å². The van der Waals surface area contributed by atoms with Crippen LogP contribution in [0.2, 0.25) is 0 Å². The van der Waals surface area contributed by atoms with Gasteiger partial charge in [0.15, 0.2) is 11.6 Å². The van der Waals surface area contributed by atoms with Crippen molar-refractivity contribution in [3.63, 3.8) is 0 Å². The van der Waals surface area contributed by atoms with E-state index in [1.807, 2.05) is 41.3 Å². The van der Waals surface area contributed by atoms with Gasteiger partial charge in [-0.3, -0.25) is 14.4 Å². The van der Waals surface area contributed by atoms with Gasteiger partial charge in [-0.1, -0.05) is 60.7 Å². The molecule has 0 bridgehead atoms. The second kappa shape index (κ2) is 11.1. The van der Waals surface area contributed by atoms with Gasteiger partial charge in [0.05, 0.1) is 13.7 Å². The highest BCUT2D eigenvalue weighted by Gasteiger charge is 2.43. The number of allylic oxidation sites excluding steroid dienone is 2. The highest BCUT2D eigenvalue weighted by atomic mass is 16.5. The topological polar surface area (TPSA) is 72.9 Å². The molecule has 0 atom stereocenters. The van der Waals surface area contributed by atoms with Crippen molar-refractivity contribution >= 4 is 23.2 Å². The van der Waals surface area contributed by atoms with E-state index in [9.17, 15) is 14.4 Å². The van der Waals surface area contributed by atoms with Crippen LogP contribution in [0.25, 0.3) is 0 Å². The number of nitrogens with zero attached hydrogens (tertiary/aromatic N) is 1. The fourth-order valence-corrected chi connectivity index (χ4v) is 4.72. The van der Waals surface area contributed by atoms with Gasteiger partial charge in [-0.2, -0.15) is 0 Å².